The molecule has 0 heterocycles. The molecule has 0 saturated heterocycles. The maximum Gasteiger partial charge on any atom is 0.346 e. The zero-order chi connectivity index (χ0) is 18.6. The van der Waals surface area contributed by atoms with Gasteiger partial charge in [0.05, 0.1) is 0 Å². The minimum atomic E-state index is -1.16. The number of carboxylic acid groups (broad SMARTS) is 1. The lowest BCUT2D eigenvalue weighted by Crippen LogP contribution is -2.19. The van der Waals surface area contributed by atoms with Gasteiger partial charge in [0.1, 0.15) is 11.6 Å². The van der Waals surface area contributed by atoms with Crippen molar-refractivity contribution < 1.29 is 9.90 Å². The topological polar surface area (TPSA) is 64.3 Å². The Labute approximate surface area is 149 Å². The van der Waals surface area contributed by atoms with E-state index in [1.807, 2.05) is 43.3 Å². The number of allylic oxidation sites excluding steroid dienone is 4. The Kier molecular flexibility index (Phi) is 5.48. The van der Waals surface area contributed by atoms with Crippen molar-refractivity contribution in [2.24, 2.45) is 5.41 Å². The Morgan fingerprint density at radius 2 is 1.84 bits per heavy atom. The first-order chi connectivity index (χ1) is 11.7. The van der Waals surface area contributed by atoms with E-state index in [1.165, 1.54) is 0 Å². The van der Waals surface area contributed by atoms with Gasteiger partial charge in [0.2, 0.25) is 0 Å². The summed E-state index contributed by atoms with van der Waals surface area (Å²) in [6.45, 7) is 4.19. The van der Waals surface area contributed by atoms with Crippen LogP contribution >= 0.6 is 0 Å². The van der Waals surface area contributed by atoms with E-state index in [0.717, 1.165) is 23.2 Å². The molecule has 4 nitrogen and oxygen atoms in total. The van der Waals surface area contributed by atoms with E-state index in [0.29, 0.717) is 12.0 Å². The summed E-state index contributed by atoms with van der Waals surface area (Å²) in [5.74, 6) is -1.16. The number of anilines is 1. The zero-order valence-corrected chi connectivity index (χ0v) is 15.2. The number of nitrogens with zero attached hydrogens (tertiary/aromatic N) is 2. The number of carboxylic acids is 1. The van der Waals surface area contributed by atoms with Gasteiger partial charge in [-0.05, 0) is 47.1 Å². The standard InChI is InChI=1S/C21H24N2O2/c1-21(2)12-16(11-17(13-21)19(14-22)20(24)25)6-5-15-7-9-18(10-8-15)23(3)4/h5-11H,12-13H2,1-4H3,(H,24,25)/b6-5+,19-17?. The number of benzene rings is 1. The number of hydrogen-bond acceptors (Lipinski definition) is 3. The van der Waals surface area contributed by atoms with Gasteiger partial charge in [0.25, 0.3) is 0 Å². The second kappa shape index (κ2) is 7.40. The highest BCUT2D eigenvalue weighted by Crippen LogP contribution is 2.39. The maximum absolute atomic E-state index is 11.3. The molecule has 0 aliphatic heterocycles. The Morgan fingerprint density at radius 1 is 1.20 bits per heavy atom. The molecule has 0 radical (unpaired) electrons. The molecule has 1 aliphatic carbocycles. The lowest BCUT2D eigenvalue weighted by Gasteiger charge is -2.30. The average Bonchev–Trinajstić information content (AvgIpc) is 2.52. The van der Waals surface area contributed by atoms with Crippen molar-refractivity contribution in [3.05, 3.63) is 58.7 Å². The zero-order valence-electron chi connectivity index (χ0n) is 15.2. The minimum Gasteiger partial charge on any atom is -0.477 e. The first kappa shape index (κ1) is 18.5. The molecule has 1 aromatic carbocycles. The molecule has 25 heavy (non-hydrogen) atoms. The summed E-state index contributed by atoms with van der Waals surface area (Å²) >= 11 is 0. The second-order valence-corrected chi connectivity index (χ2v) is 7.37. The van der Waals surface area contributed by atoms with Gasteiger partial charge in [-0.25, -0.2) is 4.79 Å². The van der Waals surface area contributed by atoms with Crippen LogP contribution < -0.4 is 4.90 Å². The van der Waals surface area contributed by atoms with Gasteiger partial charge in [-0.1, -0.05) is 44.2 Å². The fourth-order valence-corrected chi connectivity index (χ4v) is 3.07. The van der Waals surface area contributed by atoms with Gasteiger partial charge in [0, 0.05) is 19.8 Å². The van der Waals surface area contributed by atoms with E-state index in [4.69, 9.17) is 5.26 Å². The molecule has 1 aliphatic rings. The lowest BCUT2D eigenvalue weighted by atomic mass is 9.74. The molecule has 0 atom stereocenters. The summed E-state index contributed by atoms with van der Waals surface area (Å²) in [5, 5.41) is 18.4. The van der Waals surface area contributed by atoms with E-state index in [2.05, 4.69) is 38.1 Å². The summed E-state index contributed by atoms with van der Waals surface area (Å²) in [6.07, 6.45) is 7.33. The molecule has 2 rings (SSSR count). The Bertz CT molecular complexity index is 788. The molecule has 1 N–H and O–H groups in total. The van der Waals surface area contributed by atoms with Crippen LogP contribution in [0, 0.1) is 16.7 Å². The summed E-state index contributed by atoms with van der Waals surface area (Å²) in [5.41, 5.74) is 3.63. The largest absolute Gasteiger partial charge is 0.477 e. The van der Waals surface area contributed by atoms with Crippen LogP contribution in [0.2, 0.25) is 0 Å². The van der Waals surface area contributed by atoms with Crippen LogP contribution in [0.15, 0.2) is 53.1 Å². The fraction of sp³-hybridized carbons (Fsp3) is 0.333. The lowest BCUT2D eigenvalue weighted by molar-refractivity contribution is -0.132. The summed E-state index contributed by atoms with van der Waals surface area (Å²) in [4.78, 5) is 13.3. The third-order valence-electron chi connectivity index (χ3n) is 4.26. The van der Waals surface area contributed by atoms with E-state index in [9.17, 15) is 9.90 Å². The van der Waals surface area contributed by atoms with E-state index >= 15 is 0 Å². The molecule has 0 bridgehead atoms. The number of carbonyl (C=O) groups is 1. The van der Waals surface area contributed by atoms with Crippen LogP contribution in [0.3, 0.4) is 0 Å². The van der Waals surface area contributed by atoms with E-state index in [-0.39, 0.29) is 11.0 Å². The number of nitriles is 1. The smallest absolute Gasteiger partial charge is 0.346 e. The van der Waals surface area contributed by atoms with Gasteiger partial charge >= 0.3 is 5.97 Å². The van der Waals surface area contributed by atoms with Crippen molar-refractivity contribution in [1.82, 2.24) is 0 Å². The van der Waals surface area contributed by atoms with Crippen LogP contribution in [-0.2, 0) is 4.79 Å². The van der Waals surface area contributed by atoms with Crippen molar-refractivity contribution >= 4 is 17.7 Å². The first-order valence-corrected chi connectivity index (χ1v) is 8.24. The molecule has 130 valence electrons. The number of aliphatic carboxylic acids is 1. The van der Waals surface area contributed by atoms with E-state index in [1.54, 1.807) is 0 Å². The van der Waals surface area contributed by atoms with Crippen LogP contribution in [0.1, 0.15) is 32.3 Å². The normalized spacial score (nSPS) is 18.4. The molecule has 4 heteroatoms. The molecule has 0 unspecified atom stereocenters. The molecule has 0 saturated carbocycles. The van der Waals surface area contributed by atoms with Crippen LogP contribution in [0.5, 0.6) is 0 Å². The Hall–Kier alpha value is -2.80. The monoisotopic (exact) mass is 336 g/mol. The molecule has 0 fully saturated rings. The number of hydrogen-bond donors (Lipinski definition) is 1. The molecular weight excluding hydrogens is 312 g/mol. The van der Waals surface area contributed by atoms with Crippen LogP contribution in [-0.4, -0.2) is 25.2 Å². The number of rotatable bonds is 4. The third kappa shape index (κ3) is 4.84. The van der Waals surface area contributed by atoms with Gasteiger partial charge in [-0.15, -0.1) is 0 Å². The molecule has 0 amide bonds. The van der Waals surface area contributed by atoms with Crippen molar-refractivity contribution in [1.29, 1.82) is 5.26 Å². The van der Waals surface area contributed by atoms with Gasteiger partial charge < -0.3 is 10.0 Å². The van der Waals surface area contributed by atoms with Crippen molar-refractivity contribution in [3.63, 3.8) is 0 Å². The summed E-state index contributed by atoms with van der Waals surface area (Å²) in [6, 6.07) is 10.0. The maximum atomic E-state index is 11.3. The highest BCUT2D eigenvalue weighted by atomic mass is 16.4. The second-order valence-electron chi connectivity index (χ2n) is 7.37. The SMILES string of the molecule is CN(C)c1ccc(/C=C/C2=CC(=C(C#N)C(=O)O)CC(C)(C)C2)cc1. The third-order valence-corrected chi connectivity index (χ3v) is 4.26. The van der Waals surface area contributed by atoms with Gasteiger partial charge in [-0.2, -0.15) is 5.26 Å². The van der Waals surface area contributed by atoms with Gasteiger partial charge in [0.15, 0.2) is 0 Å². The summed E-state index contributed by atoms with van der Waals surface area (Å²) in [7, 11) is 4.01. The highest BCUT2D eigenvalue weighted by Gasteiger charge is 2.27. The Balaban J connectivity index is 2.32. The first-order valence-electron chi connectivity index (χ1n) is 8.24. The van der Waals surface area contributed by atoms with E-state index < -0.39 is 5.97 Å². The van der Waals surface area contributed by atoms with Crippen molar-refractivity contribution in [2.75, 3.05) is 19.0 Å². The average molecular weight is 336 g/mol. The Morgan fingerprint density at radius 3 is 2.36 bits per heavy atom. The highest BCUT2D eigenvalue weighted by molar-refractivity contribution is 5.92. The van der Waals surface area contributed by atoms with Crippen molar-refractivity contribution in [3.8, 4) is 6.07 Å². The predicted molar refractivity (Wildman–Crippen MR) is 101 cm³/mol. The van der Waals surface area contributed by atoms with Crippen molar-refractivity contribution in [2.45, 2.75) is 26.7 Å². The van der Waals surface area contributed by atoms with Crippen LogP contribution in [0.4, 0.5) is 5.69 Å². The molecule has 0 spiro atoms. The fourth-order valence-electron chi connectivity index (χ4n) is 3.07. The molecule has 0 aromatic heterocycles. The predicted octanol–water partition coefficient (Wildman–Crippen LogP) is 4.42. The molecule has 1 aromatic rings. The summed E-state index contributed by atoms with van der Waals surface area (Å²) < 4.78 is 0. The van der Waals surface area contributed by atoms with Crippen LogP contribution in [0.25, 0.3) is 6.08 Å². The van der Waals surface area contributed by atoms with Gasteiger partial charge in [-0.3, -0.25) is 0 Å². The minimum absolute atomic E-state index is 0.0733. The molecular formula is C21H24N2O2. The quantitative estimate of drug-likeness (QED) is 0.653.